The maximum Gasteiger partial charge on any atom is 0.250 e. The highest BCUT2D eigenvalue weighted by Gasteiger charge is 2.13. The van der Waals surface area contributed by atoms with Gasteiger partial charge in [0.05, 0.1) is 0 Å². The predicted molar refractivity (Wildman–Crippen MR) is 74.8 cm³/mol. The molecule has 0 saturated carbocycles. The number of anilines is 1. The van der Waals surface area contributed by atoms with Gasteiger partial charge in [-0.15, -0.1) is 11.3 Å². The Morgan fingerprint density at radius 3 is 2.84 bits per heavy atom. The van der Waals surface area contributed by atoms with Crippen molar-refractivity contribution < 1.29 is 8.42 Å². The van der Waals surface area contributed by atoms with Gasteiger partial charge in [-0.25, -0.2) is 23.1 Å². The van der Waals surface area contributed by atoms with E-state index in [9.17, 15) is 8.42 Å². The molecule has 102 valence electrons. The highest BCUT2D eigenvalue weighted by atomic mass is 32.2. The van der Waals surface area contributed by atoms with Crippen LogP contribution in [0.3, 0.4) is 0 Å². The summed E-state index contributed by atoms with van der Waals surface area (Å²) in [5, 5.41) is 4.69. The van der Waals surface area contributed by atoms with Gasteiger partial charge in [0.15, 0.2) is 0 Å². The summed E-state index contributed by atoms with van der Waals surface area (Å²) in [7, 11) is -3.39. The molecule has 2 heterocycles. The predicted octanol–water partition coefficient (Wildman–Crippen LogP) is 1.24. The Hall–Kier alpha value is -1.51. The lowest BCUT2D eigenvalue weighted by Gasteiger charge is -2.06. The molecule has 0 atom stereocenters. The fraction of sp³-hybridized carbons (Fsp3) is 0.273. The van der Waals surface area contributed by atoms with E-state index in [1.807, 2.05) is 6.92 Å². The Morgan fingerprint density at radius 2 is 2.16 bits per heavy atom. The average molecular weight is 298 g/mol. The van der Waals surface area contributed by atoms with Crippen LogP contribution >= 0.6 is 11.3 Å². The van der Waals surface area contributed by atoms with E-state index in [4.69, 9.17) is 0 Å². The lowest BCUT2D eigenvalue weighted by atomic mass is 10.5. The molecular weight excluding hydrogens is 284 g/mol. The summed E-state index contributed by atoms with van der Waals surface area (Å²) in [6, 6.07) is 5.08. The van der Waals surface area contributed by atoms with E-state index < -0.39 is 10.0 Å². The first-order chi connectivity index (χ1) is 9.08. The zero-order valence-corrected chi connectivity index (χ0v) is 12.0. The molecule has 19 heavy (non-hydrogen) atoms. The normalized spacial score (nSPS) is 11.4. The third-order valence-electron chi connectivity index (χ3n) is 2.25. The Kier molecular flexibility index (Phi) is 4.46. The number of nitrogens with one attached hydrogen (secondary N) is 2. The molecule has 0 unspecified atom stereocenters. The summed E-state index contributed by atoms with van der Waals surface area (Å²) in [6.07, 6.45) is 1.65. The van der Waals surface area contributed by atoms with E-state index in [1.165, 1.54) is 11.3 Å². The first-order valence-electron chi connectivity index (χ1n) is 5.64. The highest BCUT2D eigenvalue weighted by Crippen LogP contribution is 2.14. The number of hydrogen-bond acceptors (Lipinski definition) is 6. The summed E-state index contributed by atoms with van der Waals surface area (Å²) in [6.45, 7) is 2.57. The Bertz CT molecular complexity index is 626. The topological polar surface area (TPSA) is 84.0 Å². The summed E-state index contributed by atoms with van der Waals surface area (Å²) < 4.78 is 26.4. The third-order valence-corrected chi connectivity index (χ3v) is 5.11. The lowest BCUT2D eigenvalue weighted by molar-refractivity contribution is 0.585. The van der Waals surface area contributed by atoms with E-state index in [1.54, 1.807) is 29.8 Å². The number of hydrogen-bond donors (Lipinski definition) is 2. The van der Waals surface area contributed by atoms with E-state index in [0.29, 0.717) is 16.7 Å². The maximum absolute atomic E-state index is 11.8. The molecule has 2 N–H and O–H groups in total. The van der Waals surface area contributed by atoms with Crippen molar-refractivity contribution in [3.05, 3.63) is 35.5 Å². The average Bonchev–Trinajstić information content (AvgIpc) is 2.89. The second-order valence-corrected chi connectivity index (χ2v) is 6.72. The molecule has 0 fully saturated rings. The van der Waals surface area contributed by atoms with Crippen LogP contribution in [-0.2, 0) is 10.0 Å². The van der Waals surface area contributed by atoms with Gasteiger partial charge in [0.1, 0.15) is 4.21 Å². The fourth-order valence-electron chi connectivity index (χ4n) is 1.38. The number of rotatable bonds is 6. The van der Waals surface area contributed by atoms with Gasteiger partial charge in [0, 0.05) is 25.0 Å². The van der Waals surface area contributed by atoms with Crippen molar-refractivity contribution in [1.82, 2.24) is 14.7 Å². The molecule has 8 heteroatoms. The molecule has 0 radical (unpaired) electrons. The quantitative estimate of drug-likeness (QED) is 0.784. The van der Waals surface area contributed by atoms with Crippen LogP contribution in [-0.4, -0.2) is 31.5 Å². The molecule has 0 spiro atoms. The zero-order valence-electron chi connectivity index (χ0n) is 10.3. The lowest BCUT2D eigenvalue weighted by Crippen LogP contribution is -2.28. The molecular formula is C11H14N4O2S2. The minimum absolute atomic E-state index is 0.275. The van der Waals surface area contributed by atoms with Gasteiger partial charge in [0.2, 0.25) is 16.0 Å². The monoisotopic (exact) mass is 298 g/mol. The summed E-state index contributed by atoms with van der Waals surface area (Å²) >= 11 is 1.19. The zero-order chi connectivity index (χ0) is 13.7. The van der Waals surface area contributed by atoms with E-state index >= 15 is 0 Å². The molecule has 2 aromatic heterocycles. The van der Waals surface area contributed by atoms with Crippen LogP contribution in [0.1, 0.15) is 5.69 Å². The highest BCUT2D eigenvalue weighted by molar-refractivity contribution is 7.91. The fourth-order valence-corrected chi connectivity index (χ4v) is 3.45. The molecule has 2 aromatic rings. The summed E-state index contributed by atoms with van der Waals surface area (Å²) in [5.74, 6) is 0.496. The molecule has 0 aliphatic carbocycles. The van der Waals surface area contributed by atoms with Gasteiger partial charge < -0.3 is 5.32 Å². The molecule has 0 amide bonds. The second kappa shape index (κ2) is 6.09. The number of aromatic nitrogens is 2. The van der Waals surface area contributed by atoms with Crippen LogP contribution in [0.15, 0.2) is 34.0 Å². The van der Waals surface area contributed by atoms with Gasteiger partial charge >= 0.3 is 0 Å². The summed E-state index contributed by atoms with van der Waals surface area (Å²) in [4.78, 5) is 8.19. The van der Waals surface area contributed by atoms with Crippen LogP contribution in [0.4, 0.5) is 5.95 Å². The molecule has 6 nitrogen and oxygen atoms in total. The van der Waals surface area contributed by atoms with Crippen molar-refractivity contribution in [1.29, 1.82) is 0 Å². The number of sulfonamides is 1. The van der Waals surface area contributed by atoms with Crippen LogP contribution in [0.2, 0.25) is 0 Å². The molecule has 0 aliphatic rings. The van der Waals surface area contributed by atoms with Crippen molar-refractivity contribution in [2.24, 2.45) is 0 Å². The standard InChI is InChI=1S/C11H14N4O2S2/c1-9-4-5-12-11(15-9)13-6-7-14-19(16,17)10-3-2-8-18-10/h2-5,8,14H,6-7H2,1H3,(H,12,13,15). The first-order valence-corrected chi connectivity index (χ1v) is 8.01. The van der Waals surface area contributed by atoms with Gasteiger partial charge in [0.25, 0.3) is 0 Å². The van der Waals surface area contributed by atoms with E-state index in [2.05, 4.69) is 20.0 Å². The van der Waals surface area contributed by atoms with Gasteiger partial charge in [-0.1, -0.05) is 6.07 Å². The number of thiophene rings is 1. The molecule has 2 rings (SSSR count). The van der Waals surface area contributed by atoms with E-state index in [-0.39, 0.29) is 6.54 Å². The van der Waals surface area contributed by atoms with Gasteiger partial charge in [-0.05, 0) is 24.4 Å². The minimum atomic E-state index is -3.39. The number of nitrogens with zero attached hydrogens (tertiary/aromatic N) is 2. The molecule has 0 saturated heterocycles. The Balaban J connectivity index is 1.81. The van der Waals surface area contributed by atoms with Crippen molar-refractivity contribution in [2.75, 3.05) is 18.4 Å². The third kappa shape index (κ3) is 3.98. The van der Waals surface area contributed by atoms with E-state index in [0.717, 1.165) is 5.69 Å². The minimum Gasteiger partial charge on any atom is -0.353 e. The Morgan fingerprint density at radius 1 is 1.32 bits per heavy atom. The van der Waals surface area contributed by atoms with Crippen LogP contribution in [0.25, 0.3) is 0 Å². The van der Waals surface area contributed by atoms with Gasteiger partial charge in [-0.3, -0.25) is 0 Å². The molecule has 0 aromatic carbocycles. The van der Waals surface area contributed by atoms with Crippen LogP contribution in [0.5, 0.6) is 0 Å². The van der Waals surface area contributed by atoms with Crippen LogP contribution < -0.4 is 10.0 Å². The first kappa shape index (κ1) is 13.9. The van der Waals surface area contributed by atoms with Crippen molar-refractivity contribution in [3.8, 4) is 0 Å². The largest absolute Gasteiger partial charge is 0.353 e. The van der Waals surface area contributed by atoms with Crippen LogP contribution in [0, 0.1) is 6.92 Å². The molecule has 0 bridgehead atoms. The maximum atomic E-state index is 11.8. The summed E-state index contributed by atoms with van der Waals surface area (Å²) in [5.41, 5.74) is 0.858. The Labute approximate surface area is 116 Å². The van der Waals surface area contributed by atoms with Gasteiger partial charge in [-0.2, -0.15) is 0 Å². The van der Waals surface area contributed by atoms with Crippen molar-refractivity contribution >= 4 is 27.3 Å². The second-order valence-electron chi connectivity index (χ2n) is 3.78. The number of aryl methyl sites for hydroxylation is 1. The van der Waals surface area contributed by atoms with Crippen molar-refractivity contribution in [3.63, 3.8) is 0 Å². The van der Waals surface area contributed by atoms with Crippen molar-refractivity contribution in [2.45, 2.75) is 11.1 Å². The smallest absolute Gasteiger partial charge is 0.250 e. The SMILES string of the molecule is Cc1ccnc(NCCNS(=O)(=O)c2cccs2)n1. The molecule has 0 aliphatic heterocycles.